The van der Waals surface area contributed by atoms with Gasteiger partial charge in [0.2, 0.25) is 0 Å². The van der Waals surface area contributed by atoms with Crippen molar-refractivity contribution in [2.24, 2.45) is 22.9 Å². The van der Waals surface area contributed by atoms with Gasteiger partial charge in [-0.05, 0) is 98.4 Å². The largest absolute Gasteiger partial charge is 0.493 e. The smallest absolute Gasteiger partial charge is 0.161 e. The van der Waals surface area contributed by atoms with E-state index >= 15 is 0 Å². The standard InChI is InChI=1S/4C12H19NO4S/c4*1-4-17-12-7-9(5-6-11(12)16-2)10(13)8-18(3,14)15/h4*5-7,10H,4,8,13H2,1-3H3/i1D3,2D3,4D2;3+1,8+1;13+1;2D3. The summed E-state index contributed by atoms with van der Waals surface area (Å²) in [6.07, 6.45) is 4.41. The SMILES string of the molecule is CCOc1cc(C(N)[13CH2]S([13CH3])(=O)=O)ccc1OC.CCOc1cc(C([15NH2])CS(C)(=O)=O)ccc1OC.[2H]C([2H])([2H])Oc1ccc(C(N)CS(C)(=O)=O)cc1OC([2H])([2H])C([2H])([2H])[2H].[2H]C([2H])([2H])Oc1ccc(C(N)CS(C)(=O)=O)cc1OCC. The topological polar surface area (TPSA) is 314 Å². The Bertz CT molecular complexity index is 3080. The van der Waals surface area contributed by atoms with E-state index < -0.39 is 108 Å². The molecule has 8 N–H and O–H groups in total. The normalized spacial score (nSPS) is 16.1. The molecule has 0 heterocycles. The van der Waals surface area contributed by atoms with Crippen molar-refractivity contribution in [3.63, 3.8) is 0 Å². The molecule has 0 saturated carbocycles. The second kappa shape index (κ2) is 30.8. The molecule has 0 radical (unpaired) electrons. The minimum atomic E-state index is -3.43. The van der Waals surface area contributed by atoms with Gasteiger partial charge in [-0.1, -0.05) is 24.3 Å². The van der Waals surface area contributed by atoms with Crippen LogP contribution in [0.15, 0.2) is 72.8 Å². The highest BCUT2D eigenvalue weighted by atomic mass is 32.2. The Balaban J connectivity index is 0.000000560. The molecule has 0 aromatic heterocycles. The zero-order valence-electron chi connectivity index (χ0n) is 52.7. The first kappa shape index (κ1) is 47.9. The van der Waals surface area contributed by atoms with Crippen molar-refractivity contribution in [1.82, 2.24) is 0 Å². The molecule has 408 valence electrons. The third-order valence-corrected chi connectivity index (χ3v) is 13.1. The third kappa shape index (κ3) is 25.0. The van der Waals surface area contributed by atoms with E-state index in [-0.39, 0.29) is 34.3 Å². The Hall–Kier alpha value is -5.08. The van der Waals surface area contributed by atoms with E-state index in [9.17, 15) is 33.7 Å². The van der Waals surface area contributed by atoms with Crippen molar-refractivity contribution in [2.45, 2.75) is 51.8 Å². The fourth-order valence-electron chi connectivity index (χ4n) is 6.16. The van der Waals surface area contributed by atoms with Crippen molar-refractivity contribution in [2.75, 3.05) is 103 Å². The van der Waals surface area contributed by atoms with Gasteiger partial charge < -0.3 is 60.8 Å². The van der Waals surface area contributed by atoms with Crippen molar-refractivity contribution in [1.29, 1.82) is 0 Å². The van der Waals surface area contributed by atoms with E-state index in [4.69, 9.17) is 75.9 Å². The Morgan fingerprint density at radius 2 is 0.653 bits per heavy atom. The lowest BCUT2D eigenvalue weighted by Gasteiger charge is -2.15. The predicted octanol–water partition coefficient (Wildman–Crippen LogP) is 4.55. The van der Waals surface area contributed by atoms with E-state index in [1.54, 1.807) is 57.5 Å². The van der Waals surface area contributed by atoms with E-state index in [1.165, 1.54) is 36.8 Å². The van der Waals surface area contributed by atoms with Crippen LogP contribution in [0.25, 0.3) is 0 Å². The van der Waals surface area contributed by atoms with Crippen LogP contribution in [0, 0.1) is 0 Å². The zero-order chi connectivity index (χ0) is 64.3. The second-order valence-electron chi connectivity index (χ2n) is 15.7. The van der Waals surface area contributed by atoms with Gasteiger partial charge in [0.15, 0.2) is 46.0 Å². The molecule has 0 spiro atoms. The Morgan fingerprint density at radius 3 is 0.847 bits per heavy atom. The monoisotopic (exact) mass is 1110 g/mol. The van der Waals surface area contributed by atoms with Crippen LogP contribution in [-0.2, 0) is 39.3 Å². The molecule has 4 unspecified atom stereocenters. The maximum atomic E-state index is 11.4. The highest BCUT2D eigenvalue weighted by molar-refractivity contribution is 7.91. The molecule has 0 bridgehead atoms. The Kier molecular flexibility index (Phi) is 20.5. The number of hydrogen-bond donors (Lipinski definition) is 4. The highest BCUT2D eigenvalue weighted by Crippen LogP contribution is 2.33. The second-order valence-corrected chi connectivity index (χ2v) is 24.5. The number of nitrogens with two attached hydrogens (primary N) is 4. The quantitative estimate of drug-likeness (QED) is 0.0552. The van der Waals surface area contributed by atoms with E-state index in [2.05, 4.69) is 0 Å². The number of sulfone groups is 4. The van der Waals surface area contributed by atoms with Gasteiger partial charge in [-0.2, -0.15) is 0 Å². The molecule has 72 heavy (non-hydrogen) atoms. The summed E-state index contributed by atoms with van der Waals surface area (Å²) in [5.41, 5.74) is 25.5. The average molecular weight is 1110 g/mol. The van der Waals surface area contributed by atoms with Crippen LogP contribution in [0.1, 0.15) is 89.1 Å². The van der Waals surface area contributed by atoms with Crippen molar-refractivity contribution >= 4 is 39.3 Å². The van der Waals surface area contributed by atoms with Gasteiger partial charge in [-0.25, -0.2) is 33.7 Å². The first-order chi connectivity index (χ1) is 37.7. The molecule has 24 heteroatoms. The van der Waals surface area contributed by atoms with Gasteiger partial charge >= 0.3 is 0 Å². The van der Waals surface area contributed by atoms with E-state index in [0.29, 0.717) is 59.5 Å². The third-order valence-electron chi connectivity index (χ3n) is 9.23. The lowest BCUT2D eigenvalue weighted by atomic mass is 10.1. The number of methoxy groups -OCH3 is 4. The van der Waals surface area contributed by atoms with Crippen molar-refractivity contribution < 1.29 is 86.6 Å². The fourth-order valence-corrected chi connectivity index (χ4v) is 9.54. The molecule has 0 aliphatic heterocycles. The minimum absolute atomic E-state index is 0.0622. The summed E-state index contributed by atoms with van der Waals surface area (Å²) in [6, 6.07) is 15.4. The van der Waals surface area contributed by atoms with Crippen molar-refractivity contribution in [3.05, 3.63) is 95.1 Å². The maximum absolute atomic E-state index is 11.4. The first-order valence-electron chi connectivity index (χ1n) is 27.0. The lowest BCUT2D eigenvalue weighted by molar-refractivity contribution is 0.310. The Labute approximate surface area is 443 Å². The van der Waals surface area contributed by atoms with Gasteiger partial charge in [-0.3, -0.25) is 0 Å². The minimum Gasteiger partial charge on any atom is -0.493 e. The van der Waals surface area contributed by atoms with Gasteiger partial charge in [0.25, 0.3) is 0 Å². The van der Waals surface area contributed by atoms with Crippen LogP contribution in [0.3, 0.4) is 0 Å². The summed E-state index contributed by atoms with van der Waals surface area (Å²) in [6.45, 7) is 0.451. The van der Waals surface area contributed by atoms with Crippen LogP contribution in [0.4, 0.5) is 0 Å². The summed E-state index contributed by atoms with van der Waals surface area (Å²) in [5, 5.41) is 0. The van der Waals surface area contributed by atoms with Gasteiger partial charge in [0.1, 0.15) is 39.3 Å². The summed E-state index contributed by atoms with van der Waals surface area (Å²) < 4.78 is 210. The summed E-state index contributed by atoms with van der Waals surface area (Å²) in [4.78, 5) is 0. The molecule has 0 amide bonds. The number of ether oxygens (including phenoxy) is 8. The lowest BCUT2D eigenvalue weighted by Crippen LogP contribution is -2.20. The zero-order valence-corrected chi connectivity index (χ0v) is 44.9. The van der Waals surface area contributed by atoms with Crippen LogP contribution in [-0.4, -0.2) is 136 Å². The molecule has 4 atom stereocenters. The average Bonchev–Trinajstić information content (AvgIpc) is 3.35. The molecule has 4 aromatic carbocycles. The maximum Gasteiger partial charge on any atom is 0.161 e. The molecule has 0 fully saturated rings. The summed E-state index contributed by atoms with van der Waals surface area (Å²) in [5.74, 6) is 0.841. The van der Waals surface area contributed by atoms with Gasteiger partial charge in [0.05, 0.1) is 88.7 Å². The fraction of sp³-hybridized carbons (Fsp3) is 0.500. The number of hydrogen-bond acceptors (Lipinski definition) is 20. The van der Waals surface area contributed by atoms with Crippen LogP contribution >= 0.6 is 0 Å². The van der Waals surface area contributed by atoms with E-state index in [1.807, 2.05) is 13.8 Å². The number of benzene rings is 4. The summed E-state index contributed by atoms with van der Waals surface area (Å²) in [7, 11) is -15.3. The predicted molar refractivity (Wildman–Crippen MR) is 283 cm³/mol. The van der Waals surface area contributed by atoms with Gasteiger partial charge in [-0.15, -0.1) is 0 Å². The molecule has 0 saturated heterocycles. The van der Waals surface area contributed by atoms with Gasteiger partial charge in [0, 0.05) is 53.3 Å². The molecule has 0 aliphatic carbocycles. The first-order valence-corrected chi connectivity index (χ1v) is 29.7. The molecule has 4 rings (SSSR count). The molecular weight excluding hydrogens is 1020 g/mol. The highest BCUT2D eigenvalue weighted by Gasteiger charge is 2.19. The molecule has 20 nitrogen and oxygen atoms in total. The number of rotatable bonds is 24. The van der Waals surface area contributed by atoms with Crippen LogP contribution in [0.2, 0.25) is 0 Å². The van der Waals surface area contributed by atoms with E-state index in [0.717, 1.165) is 24.6 Å². The Morgan fingerprint density at radius 1 is 0.417 bits per heavy atom. The van der Waals surface area contributed by atoms with Crippen LogP contribution in [0.5, 0.6) is 46.0 Å². The van der Waals surface area contributed by atoms with Crippen molar-refractivity contribution in [3.8, 4) is 46.0 Å². The summed E-state index contributed by atoms with van der Waals surface area (Å²) >= 11 is 0. The van der Waals surface area contributed by atoms with Crippen LogP contribution < -0.4 is 60.8 Å². The molecular formula is C48H76N4O16S4. The molecule has 4 aromatic rings. The molecule has 0 aliphatic rings.